The van der Waals surface area contributed by atoms with Crippen molar-refractivity contribution in [2.75, 3.05) is 12.4 Å². The second-order valence-corrected chi connectivity index (χ2v) is 8.26. The molecule has 0 unspecified atom stereocenters. The molecular weight excluding hydrogens is 467 g/mol. The van der Waals surface area contributed by atoms with Crippen LogP contribution in [0.4, 0.5) is 9.52 Å². The molecular formula is C25H15FN6O2S. The lowest BCUT2D eigenvalue weighted by Gasteiger charge is -2.11. The molecule has 5 rings (SSSR count). The van der Waals surface area contributed by atoms with E-state index >= 15 is 0 Å². The van der Waals surface area contributed by atoms with E-state index in [1.165, 1.54) is 24.5 Å². The first-order valence-electron chi connectivity index (χ1n) is 10.3. The zero-order valence-corrected chi connectivity index (χ0v) is 19.0. The number of nitrogens with one attached hydrogen (secondary N) is 1. The number of hydrogen-bond donors (Lipinski definition) is 1. The number of thiazole rings is 1. The van der Waals surface area contributed by atoms with Crippen LogP contribution in [0.1, 0.15) is 15.9 Å². The minimum atomic E-state index is -0.572. The second-order valence-electron chi connectivity index (χ2n) is 7.29. The lowest BCUT2D eigenvalue weighted by Crippen LogP contribution is -2.13. The van der Waals surface area contributed by atoms with Crippen molar-refractivity contribution < 1.29 is 13.9 Å². The molecule has 2 aromatic carbocycles. The Labute approximate surface area is 202 Å². The molecule has 0 aliphatic rings. The van der Waals surface area contributed by atoms with Crippen LogP contribution in [0.15, 0.2) is 67.1 Å². The first kappa shape index (κ1) is 22.1. The second kappa shape index (κ2) is 9.24. The van der Waals surface area contributed by atoms with Crippen molar-refractivity contribution in [2.24, 2.45) is 0 Å². The third-order valence-electron chi connectivity index (χ3n) is 5.18. The Morgan fingerprint density at radius 3 is 2.74 bits per heavy atom. The number of pyridine rings is 1. The van der Waals surface area contributed by atoms with Gasteiger partial charge in [-0.05, 0) is 30.3 Å². The van der Waals surface area contributed by atoms with Gasteiger partial charge in [-0.2, -0.15) is 10.2 Å². The number of para-hydroxylation sites is 1. The van der Waals surface area contributed by atoms with Crippen LogP contribution in [0.25, 0.3) is 32.9 Å². The van der Waals surface area contributed by atoms with Crippen LogP contribution in [-0.4, -0.2) is 33.0 Å². The van der Waals surface area contributed by atoms with Gasteiger partial charge in [0.2, 0.25) is 0 Å². The van der Waals surface area contributed by atoms with Crippen molar-refractivity contribution in [2.45, 2.75) is 0 Å². The molecule has 0 radical (unpaired) electrons. The summed E-state index contributed by atoms with van der Waals surface area (Å²) in [4.78, 5) is 30.8. The molecule has 5 aromatic rings. The third-order valence-corrected chi connectivity index (χ3v) is 6.03. The van der Waals surface area contributed by atoms with Crippen LogP contribution in [0, 0.1) is 17.1 Å². The Morgan fingerprint density at radius 1 is 1.09 bits per heavy atom. The van der Waals surface area contributed by atoms with Gasteiger partial charge in [0.1, 0.15) is 11.6 Å². The average molecular weight is 483 g/mol. The molecule has 1 N–H and O–H groups in total. The molecule has 10 heteroatoms. The van der Waals surface area contributed by atoms with E-state index in [1.807, 2.05) is 30.3 Å². The van der Waals surface area contributed by atoms with Gasteiger partial charge in [-0.1, -0.05) is 29.5 Å². The summed E-state index contributed by atoms with van der Waals surface area (Å²) < 4.78 is 19.9. The number of carbonyl (C=O) groups is 1. The molecule has 0 aliphatic heterocycles. The lowest BCUT2D eigenvalue weighted by atomic mass is 10.0. The molecule has 3 aromatic heterocycles. The number of halogens is 1. The van der Waals surface area contributed by atoms with Crippen molar-refractivity contribution in [1.82, 2.24) is 19.9 Å². The highest BCUT2D eigenvalue weighted by molar-refractivity contribution is 7.21. The van der Waals surface area contributed by atoms with Gasteiger partial charge in [0.15, 0.2) is 15.6 Å². The monoisotopic (exact) mass is 482 g/mol. The highest BCUT2D eigenvalue weighted by Crippen LogP contribution is 2.33. The normalized spacial score (nSPS) is 10.7. The number of nitriles is 1. The predicted molar refractivity (Wildman–Crippen MR) is 129 cm³/mol. The molecule has 0 aliphatic carbocycles. The number of fused-ring (bicyclic) bond motifs is 1. The summed E-state index contributed by atoms with van der Waals surface area (Å²) in [5.41, 5.74) is 2.79. The fourth-order valence-electron chi connectivity index (χ4n) is 3.54. The number of nitrogens with zero attached hydrogens (tertiary/aromatic N) is 5. The maximum absolute atomic E-state index is 14.4. The van der Waals surface area contributed by atoms with Crippen LogP contribution >= 0.6 is 11.3 Å². The van der Waals surface area contributed by atoms with Crippen LogP contribution in [0.5, 0.6) is 5.75 Å². The molecule has 0 saturated heterocycles. The van der Waals surface area contributed by atoms with E-state index in [9.17, 15) is 9.18 Å². The largest absolute Gasteiger partial charge is 0.496 e. The lowest BCUT2D eigenvalue weighted by molar-refractivity contribution is 0.102. The number of hydrogen-bond acceptors (Lipinski definition) is 8. The molecule has 8 nitrogen and oxygen atoms in total. The third kappa shape index (κ3) is 4.28. The summed E-state index contributed by atoms with van der Waals surface area (Å²) in [6, 6.07) is 15.0. The number of anilines is 1. The van der Waals surface area contributed by atoms with Crippen LogP contribution in [0.3, 0.4) is 0 Å². The summed E-state index contributed by atoms with van der Waals surface area (Å²) in [5, 5.41) is 12.0. The van der Waals surface area contributed by atoms with Gasteiger partial charge in [0, 0.05) is 29.1 Å². The Balaban J connectivity index is 1.45. The minimum Gasteiger partial charge on any atom is -0.496 e. The molecule has 0 atom stereocenters. The SMILES string of the molecule is COc1ccccc1-c1cnccc1C(=O)Nc1nc2ncc(-c3ccc(C#N)cc3F)nc2s1. The summed E-state index contributed by atoms with van der Waals surface area (Å²) in [7, 11) is 1.56. The fraction of sp³-hybridized carbons (Fsp3) is 0.0400. The maximum atomic E-state index is 14.4. The quantitative estimate of drug-likeness (QED) is 0.371. The van der Waals surface area contributed by atoms with Crippen molar-refractivity contribution >= 4 is 32.9 Å². The van der Waals surface area contributed by atoms with Crippen LogP contribution in [0.2, 0.25) is 0 Å². The summed E-state index contributed by atoms with van der Waals surface area (Å²) in [6.07, 6.45) is 4.54. The molecule has 35 heavy (non-hydrogen) atoms. The fourth-order valence-corrected chi connectivity index (χ4v) is 4.33. The molecule has 170 valence electrons. The van der Waals surface area contributed by atoms with Crippen LogP contribution < -0.4 is 10.1 Å². The number of benzene rings is 2. The molecule has 0 spiro atoms. The van der Waals surface area contributed by atoms with E-state index in [4.69, 9.17) is 10.00 Å². The smallest absolute Gasteiger partial charge is 0.258 e. The van der Waals surface area contributed by atoms with Gasteiger partial charge < -0.3 is 4.74 Å². The molecule has 0 bridgehead atoms. The highest BCUT2D eigenvalue weighted by Gasteiger charge is 2.18. The summed E-state index contributed by atoms with van der Waals surface area (Å²) in [6.45, 7) is 0. The summed E-state index contributed by atoms with van der Waals surface area (Å²) in [5.74, 6) is -0.339. The average Bonchev–Trinajstić information content (AvgIpc) is 3.30. The van der Waals surface area contributed by atoms with Gasteiger partial charge >= 0.3 is 0 Å². The van der Waals surface area contributed by atoms with E-state index in [2.05, 4.69) is 25.3 Å². The summed E-state index contributed by atoms with van der Waals surface area (Å²) >= 11 is 1.12. The van der Waals surface area contributed by atoms with E-state index in [-0.39, 0.29) is 17.0 Å². The van der Waals surface area contributed by atoms with E-state index in [0.717, 1.165) is 23.0 Å². The van der Waals surface area contributed by atoms with Gasteiger partial charge in [-0.3, -0.25) is 15.1 Å². The molecule has 0 fully saturated rings. The van der Waals surface area contributed by atoms with E-state index in [0.29, 0.717) is 38.2 Å². The zero-order chi connectivity index (χ0) is 24.4. The molecule has 1 amide bonds. The number of rotatable bonds is 5. The van der Waals surface area contributed by atoms with Crippen molar-refractivity contribution in [1.29, 1.82) is 5.26 Å². The Kier molecular flexibility index (Phi) is 5.83. The van der Waals surface area contributed by atoms with Gasteiger partial charge in [0.25, 0.3) is 5.91 Å². The van der Waals surface area contributed by atoms with Gasteiger partial charge in [0.05, 0.1) is 36.2 Å². The standard InChI is InChI=1S/C25H15FN6O2S/c1-34-21-5-3-2-4-15(21)18-12-28-9-8-16(18)23(33)32-25-31-22-24(35-25)30-20(13-29-22)17-7-6-14(11-27)10-19(17)26/h2-10,12-13H,1H3,(H,29,31,32,33). The number of aromatic nitrogens is 4. The first-order valence-corrected chi connectivity index (χ1v) is 11.1. The van der Waals surface area contributed by atoms with Gasteiger partial charge in [-0.25, -0.2) is 14.4 Å². The Hall–Kier alpha value is -4.75. The number of methoxy groups -OCH3 is 1. The topological polar surface area (TPSA) is 114 Å². The Morgan fingerprint density at radius 2 is 1.94 bits per heavy atom. The number of carbonyl (C=O) groups excluding carboxylic acids is 1. The van der Waals surface area contributed by atoms with Crippen LogP contribution in [-0.2, 0) is 0 Å². The Bertz CT molecular complexity index is 1630. The van der Waals surface area contributed by atoms with Crippen molar-refractivity contribution in [3.63, 3.8) is 0 Å². The van der Waals surface area contributed by atoms with E-state index in [1.54, 1.807) is 19.4 Å². The molecule has 0 saturated carbocycles. The predicted octanol–water partition coefficient (Wildman–Crippen LogP) is 5.09. The number of amides is 1. The minimum absolute atomic E-state index is 0.215. The molecule has 3 heterocycles. The zero-order valence-electron chi connectivity index (χ0n) is 18.2. The highest BCUT2D eigenvalue weighted by atomic mass is 32.1. The van der Waals surface area contributed by atoms with Gasteiger partial charge in [-0.15, -0.1) is 0 Å². The first-order chi connectivity index (χ1) is 17.1. The number of ether oxygens (including phenoxy) is 1. The van der Waals surface area contributed by atoms with Crippen molar-refractivity contribution in [3.05, 3.63) is 84.1 Å². The van der Waals surface area contributed by atoms with Crippen molar-refractivity contribution in [3.8, 4) is 34.2 Å². The van der Waals surface area contributed by atoms with E-state index < -0.39 is 5.82 Å². The maximum Gasteiger partial charge on any atom is 0.258 e.